The van der Waals surface area contributed by atoms with Crippen molar-refractivity contribution in [3.05, 3.63) is 0 Å². The Morgan fingerprint density at radius 3 is 1.58 bits per heavy atom. The molecule has 7 heteroatoms. The van der Waals surface area contributed by atoms with E-state index in [1.807, 2.05) is 0 Å². The number of ether oxygens (including phenoxy) is 2. The van der Waals surface area contributed by atoms with Crippen molar-refractivity contribution in [1.29, 1.82) is 0 Å². The summed E-state index contributed by atoms with van der Waals surface area (Å²) in [5.74, 6) is -3.01. The Bertz CT molecular complexity index is 267. The van der Waals surface area contributed by atoms with E-state index in [0.717, 1.165) is 0 Å². The second kappa shape index (κ2) is 8.77. The number of rotatable bonds is 8. The maximum Gasteiger partial charge on any atom is 0.391 e. The van der Waals surface area contributed by atoms with Gasteiger partial charge >= 0.3 is 18.1 Å². The number of alkyl halides is 3. The van der Waals surface area contributed by atoms with E-state index in [9.17, 15) is 22.8 Å². The van der Waals surface area contributed by atoms with Crippen LogP contribution < -0.4 is 0 Å². The van der Waals surface area contributed by atoms with Crippen LogP contribution in [-0.2, 0) is 19.1 Å². The Morgan fingerprint density at radius 2 is 1.32 bits per heavy atom. The second-order valence-corrected chi connectivity index (χ2v) is 3.93. The fourth-order valence-corrected chi connectivity index (χ4v) is 1.52. The van der Waals surface area contributed by atoms with Crippen LogP contribution in [0.3, 0.4) is 0 Å². The van der Waals surface area contributed by atoms with Crippen molar-refractivity contribution in [3.63, 3.8) is 0 Å². The maximum absolute atomic E-state index is 12.7. The number of halogens is 3. The van der Waals surface area contributed by atoms with E-state index in [4.69, 9.17) is 0 Å². The molecule has 0 fully saturated rings. The minimum absolute atomic E-state index is 0.137. The summed E-state index contributed by atoms with van der Waals surface area (Å²) in [5, 5.41) is 0. The quantitative estimate of drug-likeness (QED) is 0.643. The lowest BCUT2D eigenvalue weighted by Crippen LogP contribution is -2.25. The molecule has 0 rings (SSSR count). The highest BCUT2D eigenvalue weighted by Gasteiger charge is 2.39. The van der Waals surface area contributed by atoms with Crippen molar-refractivity contribution in [1.82, 2.24) is 0 Å². The zero-order valence-electron chi connectivity index (χ0n) is 11.1. The minimum Gasteiger partial charge on any atom is -0.466 e. The van der Waals surface area contributed by atoms with E-state index in [1.54, 1.807) is 13.8 Å². The second-order valence-electron chi connectivity index (χ2n) is 3.93. The zero-order chi connectivity index (χ0) is 14.9. The molecule has 0 unspecified atom stereocenters. The SMILES string of the molecule is CCOC(=O)CCC(CCC(=O)OCC)C(F)(F)F. The molecule has 0 aliphatic carbocycles. The highest BCUT2D eigenvalue weighted by Crippen LogP contribution is 2.33. The summed E-state index contributed by atoms with van der Waals surface area (Å²) in [5.41, 5.74) is 0. The number of hydrogen-bond donors (Lipinski definition) is 0. The van der Waals surface area contributed by atoms with Crippen molar-refractivity contribution in [3.8, 4) is 0 Å². The molecular formula is C12H19F3O4. The van der Waals surface area contributed by atoms with Crippen LogP contribution in [0.25, 0.3) is 0 Å². The molecule has 0 saturated heterocycles. The van der Waals surface area contributed by atoms with Gasteiger partial charge in [-0.25, -0.2) is 0 Å². The van der Waals surface area contributed by atoms with E-state index in [0.29, 0.717) is 0 Å². The van der Waals surface area contributed by atoms with Crippen LogP contribution in [0.4, 0.5) is 13.2 Å². The third kappa shape index (κ3) is 8.45. The first-order valence-corrected chi connectivity index (χ1v) is 6.19. The molecular weight excluding hydrogens is 265 g/mol. The molecule has 0 heterocycles. The predicted molar refractivity (Wildman–Crippen MR) is 61.3 cm³/mol. The normalized spacial score (nSPS) is 11.5. The van der Waals surface area contributed by atoms with E-state index in [-0.39, 0.29) is 38.9 Å². The predicted octanol–water partition coefficient (Wildman–Crippen LogP) is 2.85. The molecule has 0 aromatic heterocycles. The molecule has 19 heavy (non-hydrogen) atoms. The van der Waals surface area contributed by atoms with Gasteiger partial charge < -0.3 is 9.47 Å². The Hall–Kier alpha value is -1.27. The summed E-state index contributed by atoms with van der Waals surface area (Å²) in [6.45, 7) is 3.44. The molecule has 4 nitrogen and oxygen atoms in total. The Balaban J connectivity index is 4.25. The van der Waals surface area contributed by atoms with Gasteiger partial charge in [0, 0.05) is 12.8 Å². The van der Waals surface area contributed by atoms with E-state index in [1.165, 1.54) is 0 Å². The highest BCUT2D eigenvalue weighted by atomic mass is 19.4. The Kier molecular flexibility index (Phi) is 8.18. The van der Waals surface area contributed by atoms with Gasteiger partial charge in [0.05, 0.1) is 19.1 Å². The van der Waals surface area contributed by atoms with Crippen LogP contribution in [0, 0.1) is 5.92 Å². The van der Waals surface area contributed by atoms with Gasteiger partial charge in [-0.2, -0.15) is 13.2 Å². The van der Waals surface area contributed by atoms with E-state index >= 15 is 0 Å². The first-order chi connectivity index (χ1) is 8.81. The number of carbonyl (C=O) groups is 2. The van der Waals surface area contributed by atoms with Crippen LogP contribution >= 0.6 is 0 Å². The smallest absolute Gasteiger partial charge is 0.391 e. The monoisotopic (exact) mass is 284 g/mol. The minimum atomic E-state index is -4.43. The molecule has 0 N–H and O–H groups in total. The summed E-state index contributed by atoms with van der Waals surface area (Å²) >= 11 is 0. The summed E-state index contributed by atoms with van der Waals surface area (Å²) in [6.07, 6.45) is -5.79. The van der Waals surface area contributed by atoms with Crippen LogP contribution in [-0.4, -0.2) is 31.3 Å². The van der Waals surface area contributed by atoms with Crippen molar-refractivity contribution in [2.75, 3.05) is 13.2 Å². The summed E-state index contributed by atoms with van der Waals surface area (Å²) < 4.78 is 47.2. The van der Waals surface area contributed by atoms with Crippen molar-refractivity contribution in [2.24, 2.45) is 5.92 Å². The van der Waals surface area contributed by atoms with Gasteiger partial charge in [0.1, 0.15) is 0 Å². The van der Waals surface area contributed by atoms with E-state index in [2.05, 4.69) is 9.47 Å². The lowest BCUT2D eigenvalue weighted by Gasteiger charge is -2.19. The molecule has 0 aromatic carbocycles. The fraction of sp³-hybridized carbons (Fsp3) is 0.833. The molecule has 0 atom stereocenters. The number of esters is 2. The third-order valence-corrected chi connectivity index (χ3v) is 2.47. The molecule has 0 amide bonds. The summed E-state index contributed by atoms with van der Waals surface area (Å²) in [6, 6.07) is 0. The number of carbonyl (C=O) groups excluding carboxylic acids is 2. The van der Waals surface area contributed by atoms with Crippen molar-refractivity contribution < 1.29 is 32.2 Å². The van der Waals surface area contributed by atoms with Gasteiger partial charge in [-0.15, -0.1) is 0 Å². The maximum atomic E-state index is 12.7. The topological polar surface area (TPSA) is 52.6 Å². The van der Waals surface area contributed by atoms with E-state index < -0.39 is 24.0 Å². The third-order valence-electron chi connectivity index (χ3n) is 2.47. The average Bonchev–Trinajstić information content (AvgIpc) is 2.27. The largest absolute Gasteiger partial charge is 0.466 e. The zero-order valence-corrected chi connectivity index (χ0v) is 11.1. The van der Waals surface area contributed by atoms with Gasteiger partial charge in [0.2, 0.25) is 0 Å². The molecule has 0 aromatic rings. The summed E-state index contributed by atoms with van der Waals surface area (Å²) in [7, 11) is 0. The van der Waals surface area contributed by atoms with Gasteiger partial charge in [-0.1, -0.05) is 0 Å². The molecule has 0 saturated carbocycles. The molecule has 0 spiro atoms. The fourth-order valence-electron chi connectivity index (χ4n) is 1.52. The molecule has 112 valence electrons. The van der Waals surface area contributed by atoms with Gasteiger partial charge in [-0.3, -0.25) is 9.59 Å². The van der Waals surface area contributed by atoms with Crippen LogP contribution in [0.15, 0.2) is 0 Å². The standard InChI is InChI=1S/C12H19F3O4/c1-3-18-10(16)7-5-9(12(13,14)15)6-8-11(17)19-4-2/h9H,3-8H2,1-2H3. The average molecular weight is 284 g/mol. The first-order valence-electron chi connectivity index (χ1n) is 6.19. The lowest BCUT2D eigenvalue weighted by atomic mass is 9.97. The molecule has 0 aliphatic rings. The summed E-state index contributed by atoms with van der Waals surface area (Å²) in [4.78, 5) is 22.1. The van der Waals surface area contributed by atoms with Crippen LogP contribution in [0.5, 0.6) is 0 Å². The Morgan fingerprint density at radius 1 is 0.947 bits per heavy atom. The molecule has 0 aliphatic heterocycles. The Labute approximate surface area is 110 Å². The highest BCUT2D eigenvalue weighted by molar-refractivity contribution is 5.70. The molecule has 0 radical (unpaired) electrons. The van der Waals surface area contributed by atoms with Gasteiger partial charge in [0.15, 0.2) is 0 Å². The molecule has 0 bridgehead atoms. The first kappa shape index (κ1) is 17.7. The van der Waals surface area contributed by atoms with Crippen molar-refractivity contribution >= 4 is 11.9 Å². The number of hydrogen-bond acceptors (Lipinski definition) is 4. The van der Waals surface area contributed by atoms with Crippen LogP contribution in [0.2, 0.25) is 0 Å². The van der Waals surface area contributed by atoms with Gasteiger partial charge in [-0.05, 0) is 26.7 Å². The lowest BCUT2D eigenvalue weighted by molar-refractivity contribution is -0.181. The van der Waals surface area contributed by atoms with Crippen molar-refractivity contribution in [2.45, 2.75) is 45.7 Å². The van der Waals surface area contributed by atoms with Crippen LogP contribution in [0.1, 0.15) is 39.5 Å². The van der Waals surface area contributed by atoms with Gasteiger partial charge in [0.25, 0.3) is 0 Å².